The number of carbonyl (C=O) groups excluding carboxylic acids is 2. The van der Waals surface area contributed by atoms with Crippen LogP contribution < -0.4 is 11.1 Å². The second-order valence-electron chi connectivity index (χ2n) is 6.65. The second-order valence-corrected chi connectivity index (χ2v) is 6.65. The lowest BCUT2D eigenvalue weighted by molar-refractivity contribution is -0.133. The van der Waals surface area contributed by atoms with Crippen LogP contribution in [0.1, 0.15) is 30.5 Å². The first-order valence-corrected chi connectivity index (χ1v) is 8.66. The third-order valence-electron chi connectivity index (χ3n) is 4.51. The van der Waals surface area contributed by atoms with Gasteiger partial charge in [-0.05, 0) is 25.0 Å². The number of hydrogen-bond donors (Lipinski definition) is 3. The van der Waals surface area contributed by atoms with Crippen LogP contribution in [-0.2, 0) is 4.79 Å². The molecule has 1 fully saturated rings. The maximum absolute atomic E-state index is 12.7. The number of urea groups is 1. The van der Waals surface area contributed by atoms with Gasteiger partial charge in [0.25, 0.3) is 0 Å². The summed E-state index contributed by atoms with van der Waals surface area (Å²) >= 11 is 0. The minimum atomic E-state index is -0.636. The van der Waals surface area contributed by atoms with Crippen molar-refractivity contribution in [3.8, 4) is 0 Å². The van der Waals surface area contributed by atoms with E-state index >= 15 is 0 Å². The first-order chi connectivity index (χ1) is 11.9. The van der Waals surface area contributed by atoms with Gasteiger partial charge in [0.1, 0.15) is 0 Å². The number of nitrogens with one attached hydrogen (secondary N) is 1. The van der Waals surface area contributed by atoms with Gasteiger partial charge in [0.05, 0.1) is 18.6 Å². The number of nitrogens with two attached hydrogens (primary N) is 1. The molecular weight excluding hydrogens is 320 g/mol. The Balaban J connectivity index is 1.98. The van der Waals surface area contributed by atoms with Gasteiger partial charge in [-0.3, -0.25) is 9.69 Å². The van der Waals surface area contributed by atoms with Crippen molar-refractivity contribution in [3.63, 3.8) is 0 Å². The number of aliphatic hydroxyl groups is 1. The van der Waals surface area contributed by atoms with E-state index in [-0.39, 0.29) is 18.4 Å². The normalized spacial score (nSPS) is 17.8. The van der Waals surface area contributed by atoms with E-state index in [1.807, 2.05) is 36.1 Å². The van der Waals surface area contributed by atoms with E-state index in [1.54, 1.807) is 6.92 Å². The largest absolute Gasteiger partial charge is 0.392 e. The highest BCUT2D eigenvalue weighted by Crippen LogP contribution is 2.22. The summed E-state index contributed by atoms with van der Waals surface area (Å²) in [4.78, 5) is 28.0. The molecule has 4 N–H and O–H groups in total. The van der Waals surface area contributed by atoms with Gasteiger partial charge in [-0.2, -0.15) is 0 Å². The highest BCUT2D eigenvalue weighted by atomic mass is 16.3. The molecule has 7 heteroatoms. The molecule has 0 bridgehead atoms. The van der Waals surface area contributed by atoms with Crippen LogP contribution in [0.25, 0.3) is 0 Å². The summed E-state index contributed by atoms with van der Waals surface area (Å²) < 4.78 is 0. The Morgan fingerprint density at radius 3 is 2.44 bits per heavy atom. The van der Waals surface area contributed by atoms with E-state index in [0.29, 0.717) is 19.6 Å². The molecule has 0 unspecified atom stereocenters. The molecule has 0 aliphatic carbocycles. The summed E-state index contributed by atoms with van der Waals surface area (Å²) in [6.45, 7) is 7.08. The summed E-state index contributed by atoms with van der Waals surface area (Å²) in [6.07, 6.45) is -0.183. The highest BCUT2D eigenvalue weighted by molar-refractivity contribution is 5.79. The van der Waals surface area contributed by atoms with Crippen LogP contribution in [0, 0.1) is 6.92 Å². The number of primary amides is 1. The van der Waals surface area contributed by atoms with E-state index < -0.39 is 12.1 Å². The fraction of sp³-hybridized carbons (Fsp3) is 0.556. The number of aliphatic hydroxyl groups excluding tert-OH is 1. The van der Waals surface area contributed by atoms with Gasteiger partial charge in [0.2, 0.25) is 5.91 Å². The monoisotopic (exact) mass is 348 g/mol. The summed E-state index contributed by atoms with van der Waals surface area (Å²) in [5, 5.41) is 12.2. The SMILES string of the molecule is Cc1ccccc1[C@@H](CC(=O)N1CCN(C[C@H](C)O)CC1)NC(N)=O. The predicted octanol–water partition coefficient (Wildman–Crippen LogP) is 0.620. The molecule has 1 aromatic carbocycles. The number of rotatable bonds is 6. The van der Waals surface area contributed by atoms with Crippen LogP contribution in [0.2, 0.25) is 0 Å². The molecule has 0 saturated carbocycles. The zero-order valence-corrected chi connectivity index (χ0v) is 14.9. The van der Waals surface area contributed by atoms with Gasteiger partial charge in [0.15, 0.2) is 0 Å². The highest BCUT2D eigenvalue weighted by Gasteiger charge is 2.25. The molecule has 25 heavy (non-hydrogen) atoms. The molecular formula is C18H28N4O3. The van der Waals surface area contributed by atoms with Crippen molar-refractivity contribution in [2.75, 3.05) is 32.7 Å². The summed E-state index contributed by atoms with van der Waals surface area (Å²) in [6, 6.07) is 6.60. The van der Waals surface area contributed by atoms with E-state index in [1.165, 1.54) is 0 Å². The molecule has 1 saturated heterocycles. The predicted molar refractivity (Wildman–Crippen MR) is 96.0 cm³/mol. The van der Waals surface area contributed by atoms with Crippen molar-refractivity contribution >= 4 is 11.9 Å². The molecule has 7 nitrogen and oxygen atoms in total. The summed E-state index contributed by atoms with van der Waals surface area (Å²) in [5.74, 6) is -0.00120. The van der Waals surface area contributed by atoms with Crippen molar-refractivity contribution in [1.82, 2.24) is 15.1 Å². The van der Waals surface area contributed by atoms with E-state index in [9.17, 15) is 14.7 Å². The van der Waals surface area contributed by atoms with Gasteiger partial charge in [-0.1, -0.05) is 24.3 Å². The minimum Gasteiger partial charge on any atom is -0.392 e. The number of amides is 3. The van der Waals surface area contributed by atoms with E-state index in [4.69, 9.17) is 5.73 Å². The Kier molecular flexibility index (Phi) is 6.78. The molecule has 2 atom stereocenters. The average molecular weight is 348 g/mol. The smallest absolute Gasteiger partial charge is 0.312 e. The molecule has 2 rings (SSSR count). The molecule has 0 aromatic heterocycles. The number of benzene rings is 1. The minimum absolute atomic E-state index is 0.00120. The van der Waals surface area contributed by atoms with Crippen molar-refractivity contribution in [2.24, 2.45) is 5.73 Å². The van der Waals surface area contributed by atoms with Crippen molar-refractivity contribution in [2.45, 2.75) is 32.4 Å². The third kappa shape index (κ3) is 5.72. The second kappa shape index (κ2) is 8.82. The quantitative estimate of drug-likeness (QED) is 0.702. The number of carbonyl (C=O) groups is 2. The zero-order chi connectivity index (χ0) is 18.4. The molecule has 1 aliphatic heterocycles. The van der Waals surface area contributed by atoms with Gasteiger partial charge in [-0.15, -0.1) is 0 Å². The molecule has 138 valence electrons. The van der Waals surface area contributed by atoms with Crippen molar-refractivity contribution in [3.05, 3.63) is 35.4 Å². The Morgan fingerprint density at radius 2 is 1.88 bits per heavy atom. The van der Waals surface area contributed by atoms with Crippen LogP contribution >= 0.6 is 0 Å². The van der Waals surface area contributed by atoms with Crippen LogP contribution in [0.4, 0.5) is 4.79 Å². The average Bonchev–Trinajstić information content (AvgIpc) is 2.54. The Hall–Kier alpha value is -2.12. The van der Waals surface area contributed by atoms with Crippen LogP contribution in [-0.4, -0.2) is 65.7 Å². The van der Waals surface area contributed by atoms with E-state index in [2.05, 4.69) is 10.2 Å². The first-order valence-electron chi connectivity index (χ1n) is 8.66. The maximum atomic E-state index is 12.7. The number of aryl methyl sites for hydroxylation is 1. The van der Waals surface area contributed by atoms with Gasteiger partial charge in [0, 0.05) is 32.7 Å². The number of nitrogens with zero attached hydrogens (tertiary/aromatic N) is 2. The summed E-state index contributed by atoms with van der Waals surface area (Å²) in [5.41, 5.74) is 7.21. The van der Waals surface area contributed by atoms with Gasteiger partial charge < -0.3 is 21.1 Å². The molecule has 0 radical (unpaired) electrons. The summed E-state index contributed by atoms with van der Waals surface area (Å²) in [7, 11) is 0. The Labute approximate surface area is 148 Å². The van der Waals surface area contributed by atoms with Gasteiger partial charge in [-0.25, -0.2) is 4.79 Å². The lowest BCUT2D eigenvalue weighted by atomic mass is 9.98. The maximum Gasteiger partial charge on any atom is 0.312 e. The topological polar surface area (TPSA) is 98.9 Å². The Morgan fingerprint density at radius 1 is 1.24 bits per heavy atom. The Bertz CT molecular complexity index is 598. The van der Waals surface area contributed by atoms with Gasteiger partial charge >= 0.3 is 6.03 Å². The van der Waals surface area contributed by atoms with Crippen molar-refractivity contribution < 1.29 is 14.7 Å². The van der Waals surface area contributed by atoms with Crippen LogP contribution in [0.3, 0.4) is 0 Å². The molecule has 1 heterocycles. The molecule has 0 spiro atoms. The fourth-order valence-corrected chi connectivity index (χ4v) is 3.25. The molecule has 1 aliphatic rings. The number of piperazine rings is 1. The zero-order valence-electron chi connectivity index (χ0n) is 14.9. The van der Waals surface area contributed by atoms with Crippen LogP contribution in [0.5, 0.6) is 0 Å². The van der Waals surface area contributed by atoms with Crippen molar-refractivity contribution in [1.29, 1.82) is 0 Å². The lowest BCUT2D eigenvalue weighted by Crippen LogP contribution is -2.50. The third-order valence-corrected chi connectivity index (χ3v) is 4.51. The molecule has 1 aromatic rings. The van der Waals surface area contributed by atoms with E-state index in [0.717, 1.165) is 24.2 Å². The number of hydrogen-bond acceptors (Lipinski definition) is 4. The lowest BCUT2D eigenvalue weighted by Gasteiger charge is -2.36. The molecule has 3 amide bonds. The standard InChI is InChI=1S/C18H28N4O3/c1-13-5-3-4-6-15(13)16(20-18(19)25)11-17(24)22-9-7-21(8-10-22)12-14(2)23/h3-6,14,16,23H,7-12H2,1-2H3,(H3,19,20,25)/t14-,16+/m0/s1. The fourth-order valence-electron chi connectivity index (χ4n) is 3.25. The first kappa shape index (κ1) is 19.2. The number of β-amino-alcohol motifs (C(OH)–C–C–N with tert-alkyl or cyclic N) is 1. The van der Waals surface area contributed by atoms with Crippen LogP contribution in [0.15, 0.2) is 24.3 Å².